The standard InChI is InChI=1S/C6H4ClO3S/c7-5-2-1-3-6(4-5)11(8,9)10/h1,3-4H,(H,8,9,10). The Morgan fingerprint density at radius 1 is 1.55 bits per heavy atom. The predicted molar refractivity (Wildman–Crippen MR) is 40.1 cm³/mol. The van der Waals surface area contributed by atoms with Crippen molar-refractivity contribution in [3.8, 4) is 0 Å². The monoisotopic (exact) mass is 191 g/mol. The quantitative estimate of drug-likeness (QED) is 0.683. The Hall–Kier alpha value is -0.580. The second-order valence-corrected chi connectivity index (χ2v) is 3.68. The zero-order valence-corrected chi connectivity index (χ0v) is 6.85. The molecule has 1 aromatic carbocycles. The third-order valence-corrected chi connectivity index (χ3v) is 2.10. The maximum Gasteiger partial charge on any atom is 0.294 e. The molecule has 0 aliphatic carbocycles. The molecule has 1 aromatic rings. The fraction of sp³-hybridized carbons (Fsp3) is 0. The summed E-state index contributed by atoms with van der Waals surface area (Å²) in [4.78, 5) is -0.221. The molecule has 0 unspecified atom stereocenters. The van der Waals surface area contributed by atoms with Crippen LogP contribution in [0.5, 0.6) is 0 Å². The molecule has 0 aliphatic rings. The van der Waals surface area contributed by atoms with Gasteiger partial charge in [0.2, 0.25) is 0 Å². The van der Waals surface area contributed by atoms with Crippen LogP contribution in [-0.2, 0) is 10.1 Å². The molecular formula is C6H4ClO3S. The summed E-state index contributed by atoms with van der Waals surface area (Å²) < 4.78 is 29.4. The van der Waals surface area contributed by atoms with E-state index in [0.717, 1.165) is 6.07 Å². The van der Waals surface area contributed by atoms with Gasteiger partial charge in [0.1, 0.15) is 0 Å². The third-order valence-electron chi connectivity index (χ3n) is 1.04. The van der Waals surface area contributed by atoms with Gasteiger partial charge in [-0.3, -0.25) is 4.55 Å². The van der Waals surface area contributed by atoms with Crippen molar-refractivity contribution in [1.29, 1.82) is 0 Å². The van der Waals surface area contributed by atoms with Gasteiger partial charge in [-0.05, 0) is 12.1 Å². The van der Waals surface area contributed by atoms with Crippen molar-refractivity contribution in [2.24, 2.45) is 0 Å². The Morgan fingerprint density at radius 3 is 2.55 bits per heavy atom. The Kier molecular flexibility index (Phi) is 2.17. The first-order valence-corrected chi connectivity index (χ1v) is 4.47. The summed E-state index contributed by atoms with van der Waals surface area (Å²) >= 11 is 5.42. The normalized spacial score (nSPS) is 11.5. The predicted octanol–water partition coefficient (Wildman–Crippen LogP) is 1.39. The molecule has 1 rings (SSSR count). The molecule has 3 nitrogen and oxygen atoms in total. The molecule has 0 atom stereocenters. The van der Waals surface area contributed by atoms with E-state index >= 15 is 0 Å². The van der Waals surface area contributed by atoms with Crippen LogP contribution in [0.2, 0.25) is 5.02 Å². The fourth-order valence-corrected chi connectivity index (χ4v) is 1.33. The average Bonchev–Trinajstić information content (AvgIpc) is 1.86. The van der Waals surface area contributed by atoms with Crippen molar-refractivity contribution in [3.63, 3.8) is 0 Å². The molecule has 0 aliphatic heterocycles. The van der Waals surface area contributed by atoms with Gasteiger partial charge in [0, 0.05) is 11.1 Å². The van der Waals surface area contributed by atoms with Crippen LogP contribution in [0.15, 0.2) is 23.1 Å². The summed E-state index contributed by atoms with van der Waals surface area (Å²) in [6, 6.07) is 6.19. The maximum atomic E-state index is 10.5. The molecule has 0 amide bonds. The van der Waals surface area contributed by atoms with E-state index in [0.29, 0.717) is 0 Å². The maximum absolute atomic E-state index is 10.5. The van der Waals surface area contributed by atoms with E-state index in [-0.39, 0.29) is 9.92 Å². The lowest BCUT2D eigenvalue weighted by Gasteiger charge is -1.94. The molecule has 0 bridgehead atoms. The van der Waals surface area contributed by atoms with Crippen LogP contribution in [-0.4, -0.2) is 13.0 Å². The molecule has 1 N–H and O–H groups in total. The van der Waals surface area contributed by atoms with Crippen LogP contribution in [0.1, 0.15) is 0 Å². The van der Waals surface area contributed by atoms with Crippen molar-refractivity contribution >= 4 is 21.7 Å². The smallest absolute Gasteiger partial charge is 0.282 e. The van der Waals surface area contributed by atoms with Crippen LogP contribution < -0.4 is 0 Å². The lowest BCUT2D eigenvalue weighted by atomic mass is 10.4. The molecule has 0 saturated heterocycles. The average molecular weight is 192 g/mol. The summed E-state index contributed by atoms with van der Waals surface area (Å²) in [5.74, 6) is 0. The zero-order valence-electron chi connectivity index (χ0n) is 5.28. The lowest BCUT2D eigenvalue weighted by Crippen LogP contribution is -1.96. The molecule has 11 heavy (non-hydrogen) atoms. The molecule has 0 fully saturated rings. The highest BCUT2D eigenvalue weighted by molar-refractivity contribution is 7.85. The van der Waals surface area contributed by atoms with Gasteiger partial charge in [-0.2, -0.15) is 8.42 Å². The highest BCUT2D eigenvalue weighted by Crippen LogP contribution is 2.13. The minimum absolute atomic E-state index is 0.153. The van der Waals surface area contributed by atoms with E-state index in [9.17, 15) is 8.42 Å². The number of halogens is 1. The van der Waals surface area contributed by atoms with Crippen LogP contribution in [0.3, 0.4) is 0 Å². The van der Waals surface area contributed by atoms with Crippen molar-refractivity contribution in [1.82, 2.24) is 0 Å². The van der Waals surface area contributed by atoms with E-state index in [4.69, 9.17) is 16.2 Å². The third kappa shape index (κ3) is 2.18. The van der Waals surface area contributed by atoms with Gasteiger partial charge >= 0.3 is 0 Å². The first-order chi connectivity index (χ1) is 5.00. The second kappa shape index (κ2) is 2.81. The van der Waals surface area contributed by atoms with Gasteiger partial charge in [-0.15, -0.1) is 0 Å². The number of benzene rings is 1. The van der Waals surface area contributed by atoms with E-state index in [1.807, 2.05) is 0 Å². The first kappa shape index (κ1) is 8.52. The highest BCUT2D eigenvalue weighted by atomic mass is 35.5. The first-order valence-electron chi connectivity index (χ1n) is 2.65. The minimum Gasteiger partial charge on any atom is -0.282 e. The van der Waals surface area contributed by atoms with Gasteiger partial charge in [0.15, 0.2) is 0 Å². The number of rotatable bonds is 1. The SMILES string of the molecule is O=S(=O)(O)c1cc[c]c(Cl)c1. The van der Waals surface area contributed by atoms with Crippen molar-refractivity contribution < 1.29 is 13.0 Å². The summed E-state index contributed by atoms with van der Waals surface area (Å²) in [6.07, 6.45) is 0. The van der Waals surface area contributed by atoms with Crippen LogP contribution in [0, 0.1) is 6.07 Å². The van der Waals surface area contributed by atoms with Crippen molar-refractivity contribution in [2.75, 3.05) is 0 Å². The minimum atomic E-state index is -4.13. The van der Waals surface area contributed by atoms with Gasteiger partial charge in [-0.1, -0.05) is 17.7 Å². The summed E-state index contributed by atoms with van der Waals surface area (Å²) in [7, 11) is -4.13. The number of hydrogen-bond donors (Lipinski definition) is 1. The largest absolute Gasteiger partial charge is 0.294 e. The zero-order chi connectivity index (χ0) is 8.48. The highest BCUT2D eigenvalue weighted by Gasteiger charge is 2.08. The molecule has 0 heterocycles. The second-order valence-electron chi connectivity index (χ2n) is 1.85. The van der Waals surface area contributed by atoms with Crippen LogP contribution in [0.4, 0.5) is 0 Å². The summed E-state index contributed by atoms with van der Waals surface area (Å²) in [5.41, 5.74) is 0. The lowest BCUT2D eigenvalue weighted by molar-refractivity contribution is 0.483. The molecule has 0 aromatic heterocycles. The molecule has 1 radical (unpaired) electrons. The fourth-order valence-electron chi connectivity index (χ4n) is 0.579. The van der Waals surface area contributed by atoms with E-state index in [1.165, 1.54) is 12.1 Å². The Morgan fingerprint density at radius 2 is 2.18 bits per heavy atom. The number of hydrogen-bond acceptors (Lipinski definition) is 2. The molecule has 5 heteroatoms. The Balaban J connectivity index is 3.28. The van der Waals surface area contributed by atoms with Gasteiger partial charge in [-0.25, -0.2) is 0 Å². The van der Waals surface area contributed by atoms with Crippen molar-refractivity contribution in [3.05, 3.63) is 29.3 Å². The molecule has 0 saturated carbocycles. The van der Waals surface area contributed by atoms with E-state index < -0.39 is 10.1 Å². The van der Waals surface area contributed by atoms with Gasteiger partial charge in [0.05, 0.1) is 4.90 Å². The molecule has 0 spiro atoms. The van der Waals surface area contributed by atoms with Gasteiger partial charge < -0.3 is 0 Å². The van der Waals surface area contributed by atoms with Crippen LogP contribution in [0.25, 0.3) is 0 Å². The Bertz CT molecular complexity index is 358. The van der Waals surface area contributed by atoms with Crippen LogP contribution >= 0.6 is 11.6 Å². The van der Waals surface area contributed by atoms with Gasteiger partial charge in [0.25, 0.3) is 10.1 Å². The van der Waals surface area contributed by atoms with Crippen molar-refractivity contribution in [2.45, 2.75) is 4.90 Å². The van der Waals surface area contributed by atoms with E-state index in [1.54, 1.807) is 0 Å². The Labute approximate surface area is 69.4 Å². The van der Waals surface area contributed by atoms with E-state index in [2.05, 4.69) is 6.07 Å². The molecule has 59 valence electrons. The summed E-state index contributed by atoms with van der Waals surface area (Å²) in [6.45, 7) is 0. The topological polar surface area (TPSA) is 54.4 Å². The molecular weight excluding hydrogens is 188 g/mol. The summed E-state index contributed by atoms with van der Waals surface area (Å²) in [5, 5.41) is 0.153.